The predicted molar refractivity (Wildman–Crippen MR) is 83.8 cm³/mol. The number of aryl methyl sites for hydroxylation is 1. The van der Waals surface area contributed by atoms with E-state index in [2.05, 4.69) is 48.0 Å². The zero-order valence-corrected chi connectivity index (χ0v) is 13.3. The van der Waals surface area contributed by atoms with Crippen molar-refractivity contribution in [3.8, 4) is 0 Å². The minimum Gasteiger partial charge on any atom is -0.324 e. The van der Waals surface area contributed by atoms with Gasteiger partial charge in [0.05, 0.1) is 0 Å². The molecule has 0 aromatic heterocycles. The van der Waals surface area contributed by atoms with E-state index in [-0.39, 0.29) is 6.04 Å². The first-order valence-corrected chi connectivity index (χ1v) is 7.96. The molecule has 0 amide bonds. The van der Waals surface area contributed by atoms with Crippen molar-refractivity contribution >= 4 is 15.9 Å². The maximum Gasteiger partial charge on any atom is 0.0297 e. The van der Waals surface area contributed by atoms with Gasteiger partial charge < -0.3 is 5.73 Å². The fraction of sp³-hybridized carbons (Fsp3) is 0.625. The summed E-state index contributed by atoms with van der Waals surface area (Å²) in [7, 11) is 0. The summed E-state index contributed by atoms with van der Waals surface area (Å²) >= 11 is 3.52. The Morgan fingerprint density at radius 3 is 2.50 bits per heavy atom. The molecule has 0 spiro atoms. The van der Waals surface area contributed by atoms with Gasteiger partial charge in [-0.2, -0.15) is 0 Å². The molecule has 0 heterocycles. The molecule has 0 aliphatic heterocycles. The molecule has 0 aliphatic carbocycles. The monoisotopic (exact) mass is 311 g/mol. The van der Waals surface area contributed by atoms with Gasteiger partial charge in [0, 0.05) is 10.5 Å². The van der Waals surface area contributed by atoms with Gasteiger partial charge in [0.25, 0.3) is 0 Å². The normalized spacial score (nSPS) is 12.7. The standard InChI is InChI=1S/C16H26BrN/c1-3-4-5-6-7-8-9-16(18)15-12-14(17)11-10-13(15)2/h10-12,16H,3-9,18H2,1-2H3. The van der Waals surface area contributed by atoms with Crippen LogP contribution in [-0.2, 0) is 0 Å². The molecule has 0 saturated carbocycles. The Labute approximate surface area is 120 Å². The van der Waals surface area contributed by atoms with Crippen LogP contribution in [-0.4, -0.2) is 0 Å². The number of halogens is 1. The van der Waals surface area contributed by atoms with Gasteiger partial charge in [-0.05, 0) is 36.6 Å². The molecule has 1 atom stereocenters. The fourth-order valence-electron chi connectivity index (χ4n) is 2.31. The Kier molecular flexibility index (Phi) is 7.60. The highest BCUT2D eigenvalue weighted by molar-refractivity contribution is 9.10. The summed E-state index contributed by atoms with van der Waals surface area (Å²) in [5, 5.41) is 0. The number of unbranched alkanes of at least 4 members (excludes halogenated alkanes) is 5. The summed E-state index contributed by atoms with van der Waals surface area (Å²) in [5.74, 6) is 0. The van der Waals surface area contributed by atoms with Gasteiger partial charge in [-0.1, -0.05) is 67.4 Å². The summed E-state index contributed by atoms with van der Waals surface area (Å²) in [6.45, 7) is 4.40. The number of nitrogens with two attached hydrogens (primary N) is 1. The summed E-state index contributed by atoms with van der Waals surface area (Å²) in [6.07, 6.45) is 9.09. The Bertz CT molecular complexity index is 349. The van der Waals surface area contributed by atoms with E-state index in [1.807, 2.05) is 0 Å². The first kappa shape index (κ1) is 15.7. The van der Waals surface area contributed by atoms with Crippen molar-refractivity contribution in [3.05, 3.63) is 33.8 Å². The Hall–Kier alpha value is -0.340. The second-order valence-electron chi connectivity index (χ2n) is 5.16. The van der Waals surface area contributed by atoms with Crippen LogP contribution in [0.4, 0.5) is 0 Å². The molecular formula is C16H26BrN. The highest BCUT2D eigenvalue weighted by Crippen LogP contribution is 2.24. The summed E-state index contributed by atoms with van der Waals surface area (Å²) in [6, 6.07) is 6.57. The average molecular weight is 312 g/mol. The fourth-order valence-corrected chi connectivity index (χ4v) is 2.69. The smallest absolute Gasteiger partial charge is 0.0297 e. The molecule has 0 bridgehead atoms. The zero-order valence-electron chi connectivity index (χ0n) is 11.7. The first-order chi connectivity index (χ1) is 8.65. The number of hydrogen-bond acceptors (Lipinski definition) is 1. The van der Waals surface area contributed by atoms with E-state index in [0.717, 1.165) is 10.9 Å². The summed E-state index contributed by atoms with van der Waals surface area (Å²) < 4.78 is 1.13. The van der Waals surface area contributed by atoms with Crippen molar-refractivity contribution in [2.24, 2.45) is 5.73 Å². The van der Waals surface area contributed by atoms with Gasteiger partial charge in [-0.25, -0.2) is 0 Å². The van der Waals surface area contributed by atoms with E-state index in [0.29, 0.717) is 0 Å². The molecule has 1 aromatic rings. The van der Waals surface area contributed by atoms with Gasteiger partial charge in [0.2, 0.25) is 0 Å². The summed E-state index contributed by atoms with van der Waals surface area (Å²) in [4.78, 5) is 0. The third-order valence-electron chi connectivity index (χ3n) is 3.51. The Morgan fingerprint density at radius 1 is 1.11 bits per heavy atom. The molecule has 0 fully saturated rings. The Balaban J connectivity index is 2.31. The van der Waals surface area contributed by atoms with E-state index in [1.54, 1.807) is 0 Å². The van der Waals surface area contributed by atoms with Gasteiger partial charge in [0.15, 0.2) is 0 Å². The SMILES string of the molecule is CCCCCCCCC(N)c1cc(Br)ccc1C. The minimum atomic E-state index is 0.189. The van der Waals surface area contributed by atoms with Gasteiger partial charge in [-0.3, -0.25) is 0 Å². The molecule has 0 aliphatic rings. The van der Waals surface area contributed by atoms with E-state index in [4.69, 9.17) is 5.73 Å². The lowest BCUT2D eigenvalue weighted by molar-refractivity contribution is 0.546. The van der Waals surface area contributed by atoms with E-state index >= 15 is 0 Å². The van der Waals surface area contributed by atoms with Crippen LogP contribution in [0.15, 0.2) is 22.7 Å². The highest BCUT2D eigenvalue weighted by atomic mass is 79.9. The number of benzene rings is 1. The van der Waals surface area contributed by atoms with Gasteiger partial charge >= 0.3 is 0 Å². The van der Waals surface area contributed by atoms with Crippen LogP contribution in [0.5, 0.6) is 0 Å². The van der Waals surface area contributed by atoms with Gasteiger partial charge in [-0.15, -0.1) is 0 Å². The van der Waals surface area contributed by atoms with Crippen LogP contribution in [0.1, 0.15) is 69.0 Å². The molecule has 1 unspecified atom stereocenters. The molecular weight excluding hydrogens is 286 g/mol. The minimum absolute atomic E-state index is 0.189. The van der Waals surface area contributed by atoms with Crippen molar-refractivity contribution in [3.63, 3.8) is 0 Å². The molecule has 2 N–H and O–H groups in total. The zero-order chi connectivity index (χ0) is 13.4. The van der Waals surface area contributed by atoms with Crippen molar-refractivity contribution < 1.29 is 0 Å². The molecule has 2 heteroatoms. The first-order valence-electron chi connectivity index (χ1n) is 7.16. The molecule has 102 valence electrons. The van der Waals surface area contributed by atoms with Crippen LogP contribution >= 0.6 is 15.9 Å². The largest absolute Gasteiger partial charge is 0.324 e. The molecule has 0 saturated heterocycles. The number of rotatable bonds is 8. The van der Waals surface area contributed by atoms with E-state index in [9.17, 15) is 0 Å². The third kappa shape index (κ3) is 5.53. The average Bonchev–Trinajstić information content (AvgIpc) is 2.36. The lowest BCUT2D eigenvalue weighted by Gasteiger charge is -2.15. The third-order valence-corrected chi connectivity index (χ3v) is 4.00. The van der Waals surface area contributed by atoms with Crippen molar-refractivity contribution in [1.29, 1.82) is 0 Å². The second-order valence-corrected chi connectivity index (χ2v) is 6.08. The second kappa shape index (κ2) is 8.71. The molecule has 1 aromatic carbocycles. The summed E-state index contributed by atoms with van der Waals surface area (Å²) in [5.41, 5.74) is 8.88. The van der Waals surface area contributed by atoms with Crippen LogP contribution in [0.2, 0.25) is 0 Å². The van der Waals surface area contributed by atoms with Gasteiger partial charge in [0.1, 0.15) is 0 Å². The van der Waals surface area contributed by atoms with E-state index < -0.39 is 0 Å². The lowest BCUT2D eigenvalue weighted by atomic mass is 9.97. The van der Waals surface area contributed by atoms with Crippen molar-refractivity contribution in [1.82, 2.24) is 0 Å². The van der Waals surface area contributed by atoms with E-state index in [1.165, 1.54) is 49.7 Å². The van der Waals surface area contributed by atoms with Crippen LogP contribution in [0, 0.1) is 6.92 Å². The van der Waals surface area contributed by atoms with Crippen LogP contribution < -0.4 is 5.73 Å². The highest BCUT2D eigenvalue weighted by Gasteiger charge is 2.09. The topological polar surface area (TPSA) is 26.0 Å². The lowest BCUT2D eigenvalue weighted by Crippen LogP contribution is -2.11. The quantitative estimate of drug-likeness (QED) is 0.629. The van der Waals surface area contributed by atoms with Crippen LogP contribution in [0.3, 0.4) is 0 Å². The van der Waals surface area contributed by atoms with Crippen LogP contribution in [0.25, 0.3) is 0 Å². The molecule has 1 nitrogen and oxygen atoms in total. The molecule has 1 rings (SSSR count). The maximum atomic E-state index is 6.28. The van der Waals surface area contributed by atoms with Crippen molar-refractivity contribution in [2.75, 3.05) is 0 Å². The maximum absolute atomic E-state index is 6.28. The number of hydrogen-bond donors (Lipinski definition) is 1. The van der Waals surface area contributed by atoms with Crippen molar-refractivity contribution in [2.45, 2.75) is 64.8 Å². The molecule has 18 heavy (non-hydrogen) atoms. The predicted octanol–water partition coefficient (Wildman–Crippen LogP) is 5.51. The Morgan fingerprint density at radius 2 is 1.78 bits per heavy atom. The molecule has 0 radical (unpaired) electrons.